The molecule has 29 heavy (non-hydrogen) atoms. The van der Waals surface area contributed by atoms with Crippen LogP contribution >= 0.6 is 0 Å². The van der Waals surface area contributed by atoms with Gasteiger partial charge in [-0.1, -0.05) is 24.3 Å². The van der Waals surface area contributed by atoms with Gasteiger partial charge in [-0.05, 0) is 67.9 Å². The van der Waals surface area contributed by atoms with Crippen molar-refractivity contribution in [1.82, 2.24) is 0 Å². The fourth-order valence-corrected chi connectivity index (χ4v) is 3.10. The van der Waals surface area contributed by atoms with Gasteiger partial charge in [0.25, 0.3) is 11.8 Å². The number of carbonyl (C=O) groups excluding carboxylic acids is 2. The van der Waals surface area contributed by atoms with Gasteiger partial charge in [-0.3, -0.25) is 9.59 Å². The largest absolute Gasteiger partial charge is 0.495 e. The minimum absolute atomic E-state index is 0.102. The fraction of sp³-hybridized carbons (Fsp3) is 0.167. The Labute approximate surface area is 170 Å². The van der Waals surface area contributed by atoms with Gasteiger partial charge < -0.3 is 15.0 Å². The van der Waals surface area contributed by atoms with Crippen molar-refractivity contribution in [3.05, 3.63) is 89.5 Å². The topological polar surface area (TPSA) is 58.6 Å². The van der Waals surface area contributed by atoms with E-state index >= 15 is 0 Å². The van der Waals surface area contributed by atoms with Crippen LogP contribution < -0.4 is 15.0 Å². The minimum atomic E-state index is -0.264. The van der Waals surface area contributed by atoms with Crippen molar-refractivity contribution in [2.24, 2.45) is 0 Å². The smallest absolute Gasteiger partial charge is 0.258 e. The normalized spacial score (nSPS) is 10.3. The Morgan fingerprint density at radius 3 is 2.28 bits per heavy atom. The van der Waals surface area contributed by atoms with Crippen LogP contribution in [0.2, 0.25) is 0 Å². The molecular formula is C24H24N2O3. The van der Waals surface area contributed by atoms with Crippen molar-refractivity contribution in [3.63, 3.8) is 0 Å². The number of nitrogens with one attached hydrogen (secondary N) is 1. The van der Waals surface area contributed by atoms with Crippen LogP contribution in [-0.2, 0) is 0 Å². The number of anilines is 2. The van der Waals surface area contributed by atoms with Gasteiger partial charge in [-0.15, -0.1) is 0 Å². The first-order valence-corrected chi connectivity index (χ1v) is 9.46. The molecule has 0 saturated carbocycles. The van der Waals surface area contributed by atoms with Gasteiger partial charge in [0.1, 0.15) is 5.75 Å². The summed E-state index contributed by atoms with van der Waals surface area (Å²) < 4.78 is 5.26. The summed E-state index contributed by atoms with van der Waals surface area (Å²) in [4.78, 5) is 27.2. The Bertz CT molecular complexity index is 1010. The first-order chi connectivity index (χ1) is 14.0. The fourth-order valence-electron chi connectivity index (χ4n) is 3.10. The highest BCUT2D eigenvalue weighted by molar-refractivity contribution is 6.08. The zero-order valence-corrected chi connectivity index (χ0v) is 16.8. The second-order valence-corrected chi connectivity index (χ2v) is 6.62. The first-order valence-electron chi connectivity index (χ1n) is 9.46. The van der Waals surface area contributed by atoms with Gasteiger partial charge in [-0.2, -0.15) is 0 Å². The Balaban J connectivity index is 1.76. The zero-order chi connectivity index (χ0) is 20.8. The molecule has 0 radical (unpaired) electrons. The van der Waals surface area contributed by atoms with E-state index in [1.165, 1.54) is 0 Å². The molecule has 0 spiro atoms. The van der Waals surface area contributed by atoms with Crippen LogP contribution in [0, 0.1) is 6.92 Å². The van der Waals surface area contributed by atoms with Crippen LogP contribution in [0.1, 0.15) is 33.2 Å². The van der Waals surface area contributed by atoms with E-state index in [2.05, 4.69) is 5.32 Å². The number of nitrogens with zero attached hydrogens (tertiary/aromatic N) is 1. The van der Waals surface area contributed by atoms with Crippen molar-refractivity contribution in [3.8, 4) is 5.75 Å². The van der Waals surface area contributed by atoms with E-state index in [0.29, 0.717) is 29.1 Å². The average Bonchev–Trinajstić information content (AvgIpc) is 2.74. The molecule has 3 aromatic rings. The number of rotatable bonds is 6. The monoisotopic (exact) mass is 388 g/mol. The van der Waals surface area contributed by atoms with Gasteiger partial charge in [0, 0.05) is 23.4 Å². The van der Waals surface area contributed by atoms with Crippen molar-refractivity contribution in [2.45, 2.75) is 13.8 Å². The third-order valence-corrected chi connectivity index (χ3v) is 4.62. The van der Waals surface area contributed by atoms with Gasteiger partial charge in [-0.25, -0.2) is 0 Å². The minimum Gasteiger partial charge on any atom is -0.495 e. The quantitative estimate of drug-likeness (QED) is 0.652. The molecule has 0 saturated heterocycles. The Kier molecular flexibility index (Phi) is 6.29. The number of hydrogen-bond acceptors (Lipinski definition) is 3. The molecule has 1 N–H and O–H groups in total. The summed E-state index contributed by atoms with van der Waals surface area (Å²) in [5.74, 6) is 0.221. The van der Waals surface area contributed by atoms with Gasteiger partial charge >= 0.3 is 0 Å². The number of para-hydroxylation sites is 2. The maximum atomic E-state index is 13.0. The first kappa shape index (κ1) is 20.1. The molecule has 2 amide bonds. The highest BCUT2D eigenvalue weighted by Gasteiger charge is 2.17. The molecule has 148 valence electrons. The lowest BCUT2D eigenvalue weighted by Gasteiger charge is -2.21. The van der Waals surface area contributed by atoms with Crippen LogP contribution in [0.4, 0.5) is 11.4 Å². The summed E-state index contributed by atoms with van der Waals surface area (Å²) in [6.45, 7) is 4.49. The van der Waals surface area contributed by atoms with E-state index in [9.17, 15) is 9.59 Å². The lowest BCUT2D eigenvalue weighted by molar-refractivity contribution is 0.0985. The highest BCUT2D eigenvalue weighted by atomic mass is 16.5. The van der Waals surface area contributed by atoms with Crippen molar-refractivity contribution in [1.29, 1.82) is 0 Å². The van der Waals surface area contributed by atoms with E-state index in [1.54, 1.807) is 48.4 Å². The molecule has 0 unspecified atom stereocenters. The van der Waals surface area contributed by atoms with Crippen LogP contribution in [0.25, 0.3) is 0 Å². The molecule has 3 rings (SSSR count). The van der Waals surface area contributed by atoms with E-state index in [4.69, 9.17) is 4.74 Å². The van der Waals surface area contributed by atoms with Crippen molar-refractivity contribution >= 4 is 23.2 Å². The van der Waals surface area contributed by atoms with E-state index in [-0.39, 0.29) is 11.8 Å². The van der Waals surface area contributed by atoms with E-state index in [0.717, 1.165) is 11.3 Å². The highest BCUT2D eigenvalue weighted by Crippen LogP contribution is 2.24. The third kappa shape index (κ3) is 4.63. The van der Waals surface area contributed by atoms with Gasteiger partial charge in [0.05, 0.1) is 12.8 Å². The lowest BCUT2D eigenvalue weighted by atomic mass is 10.1. The third-order valence-electron chi connectivity index (χ3n) is 4.62. The standard InChI is InChI=1S/C24H24N2O3/c1-4-26(20-9-7-8-17(2)16-20)24(28)19-14-12-18(13-15-19)23(27)25-21-10-5-6-11-22(21)29-3/h5-16H,4H2,1-3H3,(H,25,27). The maximum Gasteiger partial charge on any atom is 0.258 e. The maximum absolute atomic E-state index is 13.0. The average molecular weight is 388 g/mol. The Morgan fingerprint density at radius 1 is 0.931 bits per heavy atom. The molecule has 0 aromatic heterocycles. The van der Waals surface area contributed by atoms with E-state index < -0.39 is 0 Å². The molecule has 0 heterocycles. The van der Waals surface area contributed by atoms with Crippen LogP contribution in [0.5, 0.6) is 5.75 Å². The number of benzene rings is 3. The summed E-state index contributed by atoms with van der Waals surface area (Å²) in [5, 5.41) is 2.83. The molecule has 5 nitrogen and oxygen atoms in total. The molecule has 0 aliphatic heterocycles. The van der Waals surface area contributed by atoms with Crippen molar-refractivity contribution < 1.29 is 14.3 Å². The zero-order valence-electron chi connectivity index (χ0n) is 16.8. The molecular weight excluding hydrogens is 364 g/mol. The summed E-state index contributed by atoms with van der Waals surface area (Å²) in [6.07, 6.45) is 0. The van der Waals surface area contributed by atoms with E-state index in [1.807, 2.05) is 50.2 Å². The van der Waals surface area contributed by atoms with Crippen LogP contribution in [0.3, 0.4) is 0 Å². The molecule has 3 aromatic carbocycles. The second-order valence-electron chi connectivity index (χ2n) is 6.62. The van der Waals surface area contributed by atoms with Crippen LogP contribution in [-0.4, -0.2) is 25.5 Å². The predicted octanol–water partition coefficient (Wildman–Crippen LogP) is 4.92. The summed E-state index contributed by atoms with van der Waals surface area (Å²) in [5.41, 5.74) is 3.54. The van der Waals surface area contributed by atoms with Gasteiger partial charge in [0.2, 0.25) is 0 Å². The summed E-state index contributed by atoms with van der Waals surface area (Å²) in [7, 11) is 1.55. The number of aryl methyl sites for hydroxylation is 1. The molecule has 0 atom stereocenters. The Morgan fingerprint density at radius 2 is 1.62 bits per heavy atom. The van der Waals surface area contributed by atoms with Crippen LogP contribution in [0.15, 0.2) is 72.8 Å². The molecule has 5 heteroatoms. The molecule has 0 aliphatic rings. The summed E-state index contributed by atoms with van der Waals surface area (Å²) in [6, 6.07) is 21.7. The number of methoxy groups -OCH3 is 1. The van der Waals surface area contributed by atoms with Gasteiger partial charge in [0.15, 0.2) is 0 Å². The lowest BCUT2D eigenvalue weighted by Crippen LogP contribution is -2.30. The molecule has 0 bridgehead atoms. The number of carbonyl (C=O) groups is 2. The second kappa shape index (κ2) is 9.06. The molecule has 0 aliphatic carbocycles. The van der Waals surface area contributed by atoms with Crippen molar-refractivity contribution in [2.75, 3.05) is 23.9 Å². The predicted molar refractivity (Wildman–Crippen MR) is 116 cm³/mol. The summed E-state index contributed by atoms with van der Waals surface area (Å²) >= 11 is 0. The number of hydrogen-bond donors (Lipinski definition) is 1. The number of amides is 2. The number of ether oxygens (including phenoxy) is 1. The molecule has 0 fully saturated rings. The SMILES string of the molecule is CCN(C(=O)c1ccc(C(=O)Nc2ccccc2OC)cc1)c1cccc(C)c1. The Hall–Kier alpha value is -3.60.